The van der Waals surface area contributed by atoms with Crippen LogP contribution in [0.2, 0.25) is 0 Å². The quantitative estimate of drug-likeness (QED) is 0.252. The Morgan fingerprint density at radius 2 is 1.73 bits per heavy atom. The molecule has 0 amide bonds. The highest BCUT2D eigenvalue weighted by Crippen LogP contribution is 2.41. The zero-order valence-corrected chi connectivity index (χ0v) is 21.8. The number of hydrogen-bond donors (Lipinski definition) is 0. The minimum absolute atomic E-state index is 0.181. The lowest BCUT2D eigenvalue weighted by atomic mass is 9.83. The minimum Gasteiger partial charge on any atom is -0.457 e. The number of aromatic nitrogens is 1. The number of rotatable bonds is 3. The van der Waals surface area contributed by atoms with Crippen molar-refractivity contribution in [2.24, 2.45) is 4.99 Å². The van der Waals surface area contributed by atoms with Crippen molar-refractivity contribution in [1.82, 2.24) is 4.57 Å². The van der Waals surface area contributed by atoms with Crippen LogP contribution in [0.15, 0.2) is 111 Å². The molecule has 4 nitrogen and oxygen atoms in total. The van der Waals surface area contributed by atoms with E-state index < -0.39 is 11.7 Å². The van der Waals surface area contributed by atoms with E-state index in [2.05, 4.69) is 12.1 Å². The van der Waals surface area contributed by atoms with E-state index in [1.54, 1.807) is 28.8 Å². The zero-order chi connectivity index (χ0) is 27.4. The van der Waals surface area contributed by atoms with Gasteiger partial charge in [-0.1, -0.05) is 78.1 Å². The Hall–Kier alpha value is -4.43. The van der Waals surface area contributed by atoms with Gasteiger partial charge in [0.15, 0.2) is 4.80 Å². The number of nitrogens with zero attached hydrogens (tertiary/aromatic N) is 2. The fourth-order valence-electron chi connectivity index (χ4n) is 5.52. The van der Waals surface area contributed by atoms with Crippen LogP contribution in [0, 0.1) is 0 Å². The van der Waals surface area contributed by atoms with Crippen LogP contribution >= 0.6 is 11.3 Å². The lowest BCUT2D eigenvalue weighted by molar-refractivity contribution is -0.137. The van der Waals surface area contributed by atoms with Crippen LogP contribution in [-0.2, 0) is 12.6 Å². The van der Waals surface area contributed by atoms with Crippen molar-refractivity contribution in [3.8, 4) is 11.3 Å². The van der Waals surface area contributed by atoms with E-state index in [1.807, 2.05) is 42.5 Å². The highest BCUT2D eigenvalue weighted by molar-refractivity contribution is 7.07. The number of benzene rings is 3. The minimum atomic E-state index is -4.45. The van der Waals surface area contributed by atoms with E-state index in [4.69, 9.17) is 9.41 Å². The van der Waals surface area contributed by atoms with Crippen molar-refractivity contribution < 1.29 is 17.6 Å². The Labute approximate surface area is 230 Å². The molecule has 7 rings (SSSR count). The molecule has 2 aliphatic rings. The monoisotopic (exact) mass is 554 g/mol. The standard InChI is InChI=1S/C32H21F3N2O2S/c33-32(34,35)22-11-6-10-21(17-22)26-16-14-23(39-26)18-27-30(38)37-29(20-8-2-1-3-9-20)25-15-13-19-7-4-5-12-24(19)28(25)36-31(37)40-27/h1-12,14,16-18,29H,13,15H2/b27-18-. The third-order valence-electron chi connectivity index (χ3n) is 7.36. The summed E-state index contributed by atoms with van der Waals surface area (Å²) in [6.45, 7) is 0. The highest BCUT2D eigenvalue weighted by Gasteiger charge is 2.33. The summed E-state index contributed by atoms with van der Waals surface area (Å²) in [4.78, 5) is 19.4. The number of aryl methyl sites for hydroxylation is 1. The Bertz CT molecular complexity index is 1980. The number of halogens is 3. The summed E-state index contributed by atoms with van der Waals surface area (Å²) in [5, 5.41) is 0. The highest BCUT2D eigenvalue weighted by atomic mass is 32.1. The molecule has 3 heterocycles. The topological polar surface area (TPSA) is 47.5 Å². The van der Waals surface area contributed by atoms with Gasteiger partial charge in [0.05, 0.1) is 21.8 Å². The average Bonchev–Trinajstić information content (AvgIpc) is 3.56. The second kappa shape index (κ2) is 9.34. The number of hydrogen-bond acceptors (Lipinski definition) is 4. The molecule has 2 aromatic heterocycles. The van der Waals surface area contributed by atoms with Gasteiger partial charge in [-0.05, 0) is 53.8 Å². The smallest absolute Gasteiger partial charge is 0.416 e. The number of fused-ring (bicyclic) bond motifs is 3. The maximum absolute atomic E-state index is 13.8. The second-order valence-electron chi connectivity index (χ2n) is 9.80. The molecule has 0 saturated heterocycles. The molecule has 198 valence electrons. The van der Waals surface area contributed by atoms with Crippen LogP contribution in [-0.4, -0.2) is 4.57 Å². The van der Waals surface area contributed by atoms with E-state index in [0.29, 0.717) is 26.4 Å². The molecule has 0 radical (unpaired) electrons. The van der Waals surface area contributed by atoms with Gasteiger partial charge < -0.3 is 4.42 Å². The maximum Gasteiger partial charge on any atom is 0.416 e. The average molecular weight is 555 g/mol. The van der Waals surface area contributed by atoms with Gasteiger partial charge in [-0.2, -0.15) is 13.2 Å². The summed E-state index contributed by atoms with van der Waals surface area (Å²) < 4.78 is 47.7. The summed E-state index contributed by atoms with van der Waals surface area (Å²) in [6, 6.07) is 26.2. The van der Waals surface area contributed by atoms with E-state index in [-0.39, 0.29) is 11.6 Å². The first-order chi connectivity index (χ1) is 19.4. The molecule has 1 unspecified atom stereocenters. The summed E-state index contributed by atoms with van der Waals surface area (Å²) in [7, 11) is 0. The summed E-state index contributed by atoms with van der Waals surface area (Å²) in [6.07, 6.45) is -1.13. The molecule has 1 aliphatic heterocycles. The van der Waals surface area contributed by atoms with Crippen LogP contribution in [0.4, 0.5) is 13.2 Å². The van der Waals surface area contributed by atoms with Crippen molar-refractivity contribution in [3.05, 3.63) is 144 Å². The van der Waals surface area contributed by atoms with Gasteiger partial charge in [0.1, 0.15) is 11.5 Å². The van der Waals surface area contributed by atoms with Gasteiger partial charge in [0.2, 0.25) is 0 Å². The number of alkyl halides is 3. The van der Waals surface area contributed by atoms with E-state index in [9.17, 15) is 18.0 Å². The largest absolute Gasteiger partial charge is 0.457 e. The molecule has 0 fully saturated rings. The number of furan rings is 1. The fourth-order valence-corrected chi connectivity index (χ4v) is 6.50. The van der Waals surface area contributed by atoms with E-state index in [0.717, 1.165) is 47.4 Å². The number of thiazole rings is 1. The predicted octanol–water partition coefficient (Wildman–Crippen LogP) is 6.60. The van der Waals surface area contributed by atoms with Crippen molar-refractivity contribution in [1.29, 1.82) is 0 Å². The van der Waals surface area contributed by atoms with Crippen molar-refractivity contribution in [2.75, 3.05) is 0 Å². The van der Waals surface area contributed by atoms with Crippen LogP contribution in [0.3, 0.4) is 0 Å². The predicted molar refractivity (Wildman–Crippen MR) is 148 cm³/mol. The lowest BCUT2D eigenvalue weighted by Gasteiger charge is -2.30. The SMILES string of the molecule is O=c1/c(=C/c2ccc(-c3cccc(C(F)(F)F)c3)o2)sc2n1C(c1ccccc1)C1=C(N=2)c2ccccc2CC1. The maximum atomic E-state index is 13.8. The first kappa shape index (κ1) is 24.6. The van der Waals surface area contributed by atoms with Crippen molar-refractivity contribution >= 4 is 23.1 Å². The van der Waals surface area contributed by atoms with Gasteiger partial charge in [0, 0.05) is 17.2 Å². The van der Waals surface area contributed by atoms with Crippen LogP contribution in [0.5, 0.6) is 0 Å². The fraction of sp³-hybridized carbons (Fsp3) is 0.125. The Balaban J connectivity index is 1.36. The zero-order valence-electron chi connectivity index (χ0n) is 21.0. The van der Waals surface area contributed by atoms with Gasteiger partial charge >= 0.3 is 6.18 Å². The molecule has 8 heteroatoms. The molecular formula is C32H21F3N2O2S. The molecule has 0 bridgehead atoms. The second-order valence-corrected chi connectivity index (χ2v) is 10.8. The summed E-state index contributed by atoms with van der Waals surface area (Å²) in [5.74, 6) is 0.669. The molecular weight excluding hydrogens is 533 g/mol. The third-order valence-corrected chi connectivity index (χ3v) is 8.35. The first-order valence-electron chi connectivity index (χ1n) is 12.8. The van der Waals surface area contributed by atoms with Gasteiger partial charge in [-0.15, -0.1) is 0 Å². The molecule has 1 aliphatic carbocycles. The Morgan fingerprint density at radius 3 is 2.55 bits per heavy atom. The number of allylic oxidation sites excluding steroid dienone is 1. The van der Waals surface area contributed by atoms with E-state index in [1.165, 1.54) is 23.0 Å². The van der Waals surface area contributed by atoms with Crippen LogP contribution in [0.1, 0.15) is 40.5 Å². The van der Waals surface area contributed by atoms with Crippen molar-refractivity contribution in [3.63, 3.8) is 0 Å². The molecule has 40 heavy (non-hydrogen) atoms. The Kier molecular flexibility index (Phi) is 5.75. The molecule has 1 atom stereocenters. The Morgan fingerprint density at radius 1 is 0.925 bits per heavy atom. The van der Waals surface area contributed by atoms with Gasteiger partial charge in [-0.3, -0.25) is 9.36 Å². The van der Waals surface area contributed by atoms with Crippen molar-refractivity contribution in [2.45, 2.75) is 25.1 Å². The van der Waals surface area contributed by atoms with Crippen LogP contribution < -0.4 is 14.9 Å². The molecule has 0 spiro atoms. The first-order valence-corrected chi connectivity index (χ1v) is 13.6. The molecule has 0 saturated carbocycles. The summed E-state index contributed by atoms with van der Waals surface area (Å²) in [5.41, 5.74) is 4.78. The van der Waals surface area contributed by atoms with Gasteiger partial charge in [-0.25, -0.2) is 4.99 Å². The van der Waals surface area contributed by atoms with Crippen LogP contribution in [0.25, 0.3) is 23.1 Å². The third kappa shape index (κ3) is 4.16. The molecule has 0 N–H and O–H groups in total. The lowest BCUT2D eigenvalue weighted by Crippen LogP contribution is -2.38. The van der Waals surface area contributed by atoms with Gasteiger partial charge in [0.25, 0.3) is 5.56 Å². The van der Waals surface area contributed by atoms with E-state index >= 15 is 0 Å². The molecule has 5 aromatic rings. The summed E-state index contributed by atoms with van der Waals surface area (Å²) >= 11 is 1.28. The molecule has 3 aromatic carbocycles. The normalized spacial score (nSPS) is 16.8.